The summed E-state index contributed by atoms with van der Waals surface area (Å²) in [6, 6.07) is 5.69. The predicted octanol–water partition coefficient (Wildman–Crippen LogP) is 4.74. The first kappa shape index (κ1) is 15.1. The second-order valence-electron chi connectivity index (χ2n) is 4.92. The summed E-state index contributed by atoms with van der Waals surface area (Å²) in [6.07, 6.45) is 0.991. The monoisotopic (exact) mass is 293 g/mol. The maximum absolute atomic E-state index is 6.11. The first-order chi connectivity index (χ1) is 7.96. The van der Waals surface area contributed by atoms with Crippen molar-refractivity contribution < 1.29 is 0 Å². The molecule has 0 heterocycles. The van der Waals surface area contributed by atoms with E-state index in [0.717, 1.165) is 25.1 Å². The van der Waals surface area contributed by atoms with Crippen molar-refractivity contribution in [2.75, 3.05) is 12.4 Å². The maximum atomic E-state index is 6.11. The van der Waals surface area contributed by atoms with Crippen LogP contribution in [0.25, 0.3) is 0 Å². The number of rotatable bonds is 6. The van der Waals surface area contributed by atoms with Crippen molar-refractivity contribution in [3.63, 3.8) is 0 Å². The van der Waals surface area contributed by atoms with Crippen molar-refractivity contribution in [2.24, 2.45) is 5.41 Å². The van der Waals surface area contributed by atoms with Gasteiger partial charge in [0.15, 0.2) is 0 Å². The second-order valence-corrected chi connectivity index (χ2v) is 6.08. The van der Waals surface area contributed by atoms with Crippen LogP contribution in [0.3, 0.4) is 0 Å². The predicted molar refractivity (Wildman–Crippen MR) is 77.3 cm³/mol. The van der Waals surface area contributed by atoms with Crippen LogP contribution in [0.2, 0.25) is 10.0 Å². The van der Waals surface area contributed by atoms with Crippen LogP contribution in [-0.2, 0) is 6.54 Å². The molecule has 0 atom stereocenters. The van der Waals surface area contributed by atoms with Gasteiger partial charge in [0.05, 0.1) is 10.0 Å². The molecule has 1 aromatic carbocycles. The highest BCUT2D eigenvalue weighted by Gasteiger charge is 2.16. The summed E-state index contributed by atoms with van der Waals surface area (Å²) >= 11 is 17.8. The van der Waals surface area contributed by atoms with Gasteiger partial charge in [-0.1, -0.05) is 49.2 Å². The normalized spacial score (nSPS) is 11.8. The highest BCUT2D eigenvalue weighted by molar-refractivity contribution is 6.42. The second kappa shape index (κ2) is 6.84. The van der Waals surface area contributed by atoms with Crippen molar-refractivity contribution in [1.82, 2.24) is 5.32 Å². The molecule has 0 aliphatic heterocycles. The average molecular weight is 295 g/mol. The minimum Gasteiger partial charge on any atom is -0.312 e. The third kappa shape index (κ3) is 5.05. The van der Waals surface area contributed by atoms with E-state index >= 15 is 0 Å². The van der Waals surface area contributed by atoms with Crippen molar-refractivity contribution in [3.8, 4) is 0 Å². The summed E-state index contributed by atoms with van der Waals surface area (Å²) in [5.41, 5.74) is 1.23. The largest absolute Gasteiger partial charge is 0.312 e. The Hall–Kier alpha value is 0.0500. The molecule has 0 aliphatic carbocycles. The van der Waals surface area contributed by atoms with E-state index in [1.54, 1.807) is 6.07 Å². The Bertz CT molecular complexity index is 364. The van der Waals surface area contributed by atoms with E-state index in [1.807, 2.05) is 12.1 Å². The van der Waals surface area contributed by atoms with Crippen LogP contribution < -0.4 is 5.32 Å². The Morgan fingerprint density at radius 3 is 2.59 bits per heavy atom. The van der Waals surface area contributed by atoms with Gasteiger partial charge < -0.3 is 5.32 Å². The summed E-state index contributed by atoms with van der Waals surface area (Å²) in [7, 11) is 0. The van der Waals surface area contributed by atoms with E-state index < -0.39 is 0 Å². The zero-order valence-corrected chi connectivity index (χ0v) is 12.5. The van der Waals surface area contributed by atoms with Crippen molar-refractivity contribution in [2.45, 2.75) is 26.8 Å². The Labute approximate surface area is 118 Å². The number of benzene rings is 1. The van der Waals surface area contributed by atoms with Crippen molar-refractivity contribution in [1.29, 1.82) is 0 Å². The van der Waals surface area contributed by atoms with Gasteiger partial charge in [0.2, 0.25) is 0 Å². The molecule has 0 bridgehead atoms. The molecule has 1 aromatic rings. The van der Waals surface area contributed by atoms with Crippen molar-refractivity contribution in [3.05, 3.63) is 33.8 Å². The minimum atomic E-state index is 0.201. The van der Waals surface area contributed by atoms with Crippen LogP contribution >= 0.6 is 34.8 Å². The smallest absolute Gasteiger partial charge is 0.0637 e. The third-order valence-electron chi connectivity index (χ3n) is 2.72. The molecule has 1 N–H and O–H groups in total. The van der Waals surface area contributed by atoms with Crippen LogP contribution in [0, 0.1) is 5.41 Å². The fourth-order valence-corrected chi connectivity index (χ4v) is 2.46. The molecule has 0 aliphatic rings. The number of nitrogens with one attached hydrogen (secondary N) is 1. The Morgan fingerprint density at radius 2 is 1.94 bits per heavy atom. The standard InChI is InChI=1S/C13H18Cl3N/c1-13(2,6-7-14)9-17-8-10-4-3-5-11(15)12(10)16/h3-5,17H,6-9H2,1-2H3. The lowest BCUT2D eigenvalue weighted by molar-refractivity contribution is 0.329. The molecule has 96 valence electrons. The average Bonchev–Trinajstić information content (AvgIpc) is 2.24. The van der Waals surface area contributed by atoms with Crippen LogP contribution in [0.4, 0.5) is 0 Å². The molecule has 0 fully saturated rings. The fraction of sp³-hybridized carbons (Fsp3) is 0.538. The summed E-state index contributed by atoms with van der Waals surface area (Å²) < 4.78 is 0. The van der Waals surface area contributed by atoms with E-state index in [0.29, 0.717) is 15.9 Å². The maximum Gasteiger partial charge on any atom is 0.0637 e. The summed E-state index contributed by atoms with van der Waals surface area (Å²) in [6.45, 7) is 6.03. The van der Waals surface area contributed by atoms with Gasteiger partial charge in [-0.2, -0.15) is 0 Å². The Balaban J connectivity index is 2.49. The van der Waals surface area contributed by atoms with E-state index in [4.69, 9.17) is 34.8 Å². The van der Waals surface area contributed by atoms with Gasteiger partial charge in [-0.25, -0.2) is 0 Å². The molecular formula is C13H18Cl3N. The molecule has 1 nitrogen and oxygen atoms in total. The fourth-order valence-electron chi connectivity index (χ4n) is 1.56. The molecule has 0 aromatic heterocycles. The van der Waals surface area contributed by atoms with E-state index in [2.05, 4.69) is 19.2 Å². The lowest BCUT2D eigenvalue weighted by Gasteiger charge is -2.24. The minimum absolute atomic E-state index is 0.201. The highest BCUT2D eigenvalue weighted by Crippen LogP contribution is 2.26. The molecule has 17 heavy (non-hydrogen) atoms. The van der Waals surface area contributed by atoms with Crippen LogP contribution in [0.5, 0.6) is 0 Å². The van der Waals surface area contributed by atoms with E-state index in [1.165, 1.54) is 0 Å². The van der Waals surface area contributed by atoms with Crippen molar-refractivity contribution >= 4 is 34.8 Å². The van der Waals surface area contributed by atoms with Gasteiger partial charge in [0, 0.05) is 19.0 Å². The number of hydrogen-bond donors (Lipinski definition) is 1. The Kier molecular flexibility index (Phi) is 6.08. The van der Waals surface area contributed by atoms with Gasteiger partial charge in [-0.3, -0.25) is 0 Å². The number of halogens is 3. The lowest BCUT2D eigenvalue weighted by Crippen LogP contribution is -2.29. The molecule has 0 saturated carbocycles. The lowest BCUT2D eigenvalue weighted by atomic mass is 9.90. The third-order valence-corrected chi connectivity index (χ3v) is 3.77. The highest BCUT2D eigenvalue weighted by atomic mass is 35.5. The zero-order chi connectivity index (χ0) is 12.9. The van der Waals surface area contributed by atoms with Gasteiger partial charge in [-0.05, 0) is 23.5 Å². The molecule has 4 heteroatoms. The molecule has 0 spiro atoms. The van der Waals surface area contributed by atoms with Gasteiger partial charge in [-0.15, -0.1) is 11.6 Å². The quantitative estimate of drug-likeness (QED) is 0.747. The summed E-state index contributed by atoms with van der Waals surface area (Å²) in [4.78, 5) is 0. The molecule has 0 saturated heterocycles. The van der Waals surface area contributed by atoms with E-state index in [9.17, 15) is 0 Å². The molecule has 1 rings (SSSR count). The summed E-state index contributed by atoms with van der Waals surface area (Å²) in [5, 5.41) is 4.63. The molecule has 0 amide bonds. The van der Waals surface area contributed by atoms with Crippen LogP contribution in [0.15, 0.2) is 18.2 Å². The number of alkyl halides is 1. The van der Waals surface area contributed by atoms with Gasteiger partial charge in [0.25, 0.3) is 0 Å². The zero-order valence-electron chi connectivity index (χ0n) is 10.2. The first-order valence-electron chi connectivity index (χ1n) is 5.66. The first-order valence-corrected chi connectivity index (χ1v) is 6.95. The van der Waals surface area contributed by atoms with Crippen LogP contribution in [-0.4, -0.2) is 12.4 Å². The SMILES string of the molecule is CC(C)(CCCl)CNCc1cccc(Cl)c1Cl. The van der Waals surface area contributed by atoms with Crippen LogP contribution in [0.1, 0.15) is 25.8 Å². The molecular weight excluding hydrogens is 277 g/mol. The number of hydrogen-bond acceptors (Lipinski definition) is 1. The molecule has 0 unspecified atom stereocenters. The van der Waals surface area contributed by atoms with E-state index in [-0.39, 0.29) is 5.41 Å². The Morgan fingerprint density at radius 1 is 1.24 bits per heavy atom. The summed E-state index contributed by atoms with van der Waals surface area (Å²) in [5.74, 6) is 0.687. The molecule has 0 radical (unpaired) electrons. The van der Waals surface area contributed by atoms with Gasteiger partial charge in [0.1, 0.15) is 0 Å². The topological polar surface area (TPSA) is 12.0 Å². The van der Waals surface area contributed by atoms with Gasteiger partial charge >= 0.3 is 0 Å².